The number of amides is 2. The summed E-state index contributed by atoms with van der Waals surface area (Å²) in [7, 11) is 1.94. The second-order valence-electron chi connectivity index (χ2n) is 6.30. The average Bonchev–Trinajstić information content (AvgIpc) is 3.28. The maximum absolute atomic E-state index is 12.5. The van der Waals surface area contributed by atoms with E-state index in [2.05, 4.69) is 10.6 Å². The third-order valence-corrected chi connectivity index (χ3v) is 4.41. The van der Waals surface area contributed by atoms with Gasteiger partial charge in [0.25, 0.3) is 5.91 Å². The molecular weight excluding hydrogens is 278 g/mol. The molecule has 1 saturated heterocycles. The first-order chi connectivity index (χ1) is 10.7. The Hall–Kier alpha value is -1.88. The SMILES string of the molecule is CNCC1CCN(C(=O)c2ccc(NC(=O)C3CC3)cc2)C1. The van der Waals surface area contributed by atoms with Crippen LogP contribution in [0.4, 0.5) is 5.69 Å². The number of carbonyl (C=O) groups is 2. The Kier molecular flexibility index (Phi) is 4.43. The van der Waals surface area contributed by atoms with Crippen molar-refractivity contribution in [3.05, 3.63) is 29.8 Å². The van der Waals surface area contributed by atoms with Gasteiger partial charge in [0.1, 0.15) is 0 Å². The van der Waals surface area contributed by atoms with Crippen molar-refractivity contribution in [3.8, 4) is 0 Å². The number of hydrogen-bond acceptors (Lipinski definition) is 3. The van der Waals surface area contributed by atoms with Gasteiger partial charge in [-0.3, -0.25) is 9.59 Å². The van der Waals surface area contributed by atoms with Gasteiger partial charge in [-0.2, -0.15) is 0 Å². The molecule has 22 heavy (non-hydrogen) atoms. The van der Waals surface area contributed by atoms with Gasteiger partial charge < -0.3 is 15.5 Å². The molecule has 2 N–H and O–H groups in total. The monoisotopic (exact) mass is 301 g/mol. The highest BCUT2D eigenvalue weighted by Crippen LogP contribution is 2.30. The summed E-state index contributed by atoms with van der Waals surface area (Å²) in [6, 6.07) is 7.23. The quantitative estimate of drug-likeness (QED) is 0.870. The number of likely N-dealkylation sites (tertiary alicyclic amines) is 1. The van der Waals surface area contributed by atoms with E-state index in [0.717, 1.165) is 44.6 Å². The summed E-state index contributed by atoms with van der Waals surface area (Å²) in [4.78, 5) is 26.1. The van der Waals surface area contributed by atoms with Crippen molar-refractivity contribution < 1.29 is 9.59 Å². The summed E-state index contributed by atoms with van der Waals surface area (Å²) < 4.78 is 0. The lowest BCUT2D eigenvalue weighted by molar-refractivity contribution is -0.117. The third-order valence-electron chi connectivity index (χ3n) is 4.41. The first-order valence-electron chi connectivity index (χ1n) is 8.02. The predicted octanol–water partition coefficient (Wildman–Crippen LogP) is 1.72. The van der Waals surface area contributed by atoms with Gasteiger partial charge in [0.2, 0.25) is 5.91 Å². The first kappa shape index (κ1) is 15.0. The van der Waals surface area contributed by atoms with Crippen LogP contribution in [0.3, 0.4) is 0 Å². The zero-order valence-corrected chi connectivity index (χ0v) is 13.0. The molecule has 1 atom stereocenters. The van der Waals surface area contributed by atoms with Crippen molar-refractivity contribution in [3.63, 3.8) is 0 Å². The third kappa shape index (κ3) is 3.47. The van der Waals surface area contributed by atoms with E-state index in [9.17, 15) is 9.59 Å². The Balaban J connectivity index is 1.57. The van der Waals surface area contributed by atoms with Crippen molar-refractivity contribution in [1.82, 2.24) is 10.2 Å². The Morgan fingerprint density at radius 2 is 1.91 bits per heavy atom. The summed E-state index contributed by atoms with van der Waals surface area (Å²) >= 11 is 0. The molecule has 1 aliphatic heterocycles. The average molecular weight is 301 g/mol. The molecule has 1 aromatic rings. The lowest BCUT2D eigenvalue weighted by atomic mass is 10.1. The minimum atomic E-state index is 0.0821. The first-order valence-corrected chi connectivity index (χ1v) is 8.02. The Bertz CT molecular complexity index is 552. The van der Waals surface area contributed by atoms with Crippen LogP contribution in [0.15, 0.2) is 24.3 Å². The molecule has 5 nitrogen and oxygen atoms in total. The number of anilines is 1. The molecule has 2 amide bonds. The van der Waals surface area contributed by atoms with Gasteiger partial charge in [-0.1, -0.05) is 0 Å². The standard InChI is InChI=1S/C17H23N3O2/c1-18-10-12-8-9-20(11-12)17(22)14-4-6-15(7-5-14)19-16(21)13-2-3-13/h4-7,12-13,18H,2-3,8-11H2,1H3,(H,19,21). The number of hydrogen-bond donors (Lipinski definition) is 2. The number of benzene rings is 1. The molecule has 0 radical (unpaired) electrons. The molecule has 1 aliphatic carbocycles. The minimum Gasteiger partial charge on any atom is -0.338 e. The Morgan fingerprint density at radius 1 is 1.18 bits per heavy atom. The van der Waals surface area contributed by atoms with E-state index in [4.69, 9.17) is 0 Å². The predicted molar refractivity (Wildman–Crippen MR) is 85.7 cm³/mol. The van der Waals surface area contributed by atoms with Crippen LogP contribution in [-0.4, -0.2) is 43.4 Å². The van der Waals surface area contributed by atoms with Gasteiger partial charge >= 0.3 is 0 Å². The maximum Gasteiger partial charge on any atom is 0.253 e. The zero-order valence-electron chi connectivity index (χ0n) is 13.0. The summed E-state index contributed by atoms with van der Waals surface area (Å²) in [5.41, 5.74) is 1.46. The van der Waals surface area contributed by atoms with Gasteiger partial charge in [0.15, 0.2) is 0 Å². The van der Waals surface area contributed by atoms with Crippen LogP contribution in [0, 0.1) is 11.8 Å². The highest BCUT2D eigenvalue weighted by Gasteiger charge is 2.30. The number of nitrogens with one attached hydrogen (secondary N) is 2. The largest absolute Gasteiger partial charge is 0.338 e. The van der Waals surface area contributed by atoms with Gasteiger partial charge in [0.05, 0.1) is 0 Å². The number of carbonyl (C=O) groups excluding carboxylic acids is 2. The van der Waals surface area contributed by atoms with Crippen molar-refractivity contribution in [2.45, 2.75) is 19.3 Å². The second-order valence-corrected chi connectivity index (χ2v) is 6.30. The molecule has 3 rings (SSSR count). The van der Waals surface area contributed by atoms with Gasteiger partial charge in [-0.05, 0) is 63.0 Å². The lowest BCUT2D eigenvalue weighted by Crippen LogP contribution is -2.30. The maximum atomic E-state index is 12.5. The van der Waals surface area contributed by atoms with E-state index in [1.54, 1.807) is 12.1 Å². The molecule has 1 aromatic carbocycles. The van der Waals surface area contributed by atoms with Crippen LogP contribution < -0.4 is 10.6 Å². The van der Waals surface area contributed by atoms with Crippen molar-refractivity contribution in [2.24, 2.45) is 11.8 Å². The topological polar surface area (TPSA) is 61.4 Å². The minimum absolute atomic E-state index is 0.0821. The van der Waals surface area contributed by atoms with Crippen molar-refractivity contribution in [1.29, 1.82) is 0 Å². The molecule has 118 valence electrons. The highest BCUT2D eigenvalue weighted by atomic mass is 16.2. The van der Waals surface area contributed by atoms with Gasteiger partial charge in [-0.15, -0.1) is 0 Å². The summed E-state index contributed by atoms with van der Waals surface area (Å²) in [5, 5.41) is 6.06. The summed E-state index contributed by atoms with van der Waals surface area (Å²) in [6.07, 6.45) is 3.04. The van der Waals surface area contributed by atoms with E-state index >= 15 is 0 Å². The fourth-order valence-corrected chi connectivity index (χ4v) is 2.94. The summed E-state index contributed by atoms with van der Waals surface area (Å²) in [6.45, 7) is 2.60. The van der Waals surface area contributed by atoms with Crippen LogP contribution in [0.25, 0.3) is 0 Å². The normalized spacial score (nSPS) is 21.0. The van der Waals surface area contributed by atoms with E-state index in [-0.39, 0.29) is 17.7 Å². The molecule has 5 heteroatoms. The fourth-order valence-electron chi connectivity index (χ4n) is 2.94. The Labute approximate surface area is 131 Å². The highest BCUT2D eigenvalue weighted by molar-refractivity contribution is 5.96. The molecule has 0 spiro atoms. The fraction of sp³-hybridized carbons (Fsp3) is 0.529. The molecule has 1 unspecified atom stereocenters. The molecule has 2 aliphatic rings. The van der Waals surface area contributed by atoms with Gasteiger partial charge in [0, 0.05) is 30.3 Å². The zero-order chi connectivity index (χ0) is 15.5. The molecule has 1 heterocycles. The molecular formula is C17H23N3O2. The van der Waals surface area contributed by atoms with Crippen LogP contribution in [0.1, 0.15) is 29.6 Å². The van der Waals surface area contributed by atoms with E-state index in [0.29, 0.717) is 11.5 Å². The molecule has 1 saturated carbocycles. The van der Waals surface area contributed by atoms with Crippen LogP contribution >= 0.6 is 0 Å². The van der Waals surface area contributed by atoms with Crippen molar-refractivity contribution in [2.75, 3.05) is 32.0 Å². The molecule has 0 bridgehead atoms. The van der Waals surface area contributed by atoms with Gasteiger partial charge in [-0.25, -0.2) is 0 Å². The molecule has 0 aromatic heterocycles. The molecule has 2 fully saturated rings. The van der Waals surface area contributed by atoms with Crippen LogP contribution in [-0.2, 0) is 4.79 Å². The second kappa shape index (κ2) is 6.48. The lowest BCUT2D eigenvalue weighted by Gasteiger charge is -2.17. The van der Waals surface area contributed by atoms with E-state index in [1.165, 1.54) is 0 Å². The van der Waals surface area contributed by atoms with Crippen LogP contribution in [0.2, 0.25) is 0 Å². The van der Waals surface area contributed by atoms with Crippen molar-refractivity contribution >= 4 is 17.5 Å². The number of rotatable bonds is 5. The summed E-state index contributed by atoms with van der Waals surface area (Å²) in [5.74, 6) is 0.910. The Morgan fingerprint density at radius 3 is 2.55 bits per heavy atom. The van der Waals surface area contributed by atoms with E-state index in [1.807, 2.05) is 24.1 Å². The smallest absolute Gasteiger partial charge is 0.253 e. The number of nitrogens with zero attached hydrogens (tertiary/aromatic N) is 1. The van der Waals surface area contributed by atoms with Crippen LogP contribution in [0.5, 0.6) is 0 Å². The van der Waals surface area contributed by atoms with E-state index < -0.39 is 0 Å².